The molecule has 0 spiro atoms. The molecule has 3 rings (SSSR count). The summed E-state index contributed by atoms with van der Waals surface area (Å²) >= 11 is 0. The number of likely N-dealkylation sites (tertiary alicyclic amines) is 1. The standard InChI is InChI=1S/C14H16FN5O2/c15-11-7-16-14(17-8-11)22-12-3-1-5-19(9-12)13(21)10-20-6-2-4-18-20/h2,4,6-8,12H,1,3,5,9-10H2. The van der Waals surface area contributed by atoms with Crippen molar-refractivity contribution in [2.45, 2.75) is 25.5 Å². The maximum atomic E-state index is 12.8. The van der Waals surface area contributed by atoms with Crippen LogP contribution in [0.1, 0.15) is 12.8 Å². The van der Waals surface area contributed by atoms with Crippen LogP contribution >= 0.6 is 0 Å². The number of piperidine rings is 1. The molecular formula is C14H16FN5O2. The van der Waals surface area contributed by atoms with Crippen LogP contribution in [0.25, 0.3) is 0 Å². The van der Waals surface area contributed by atoms with Crippen LogP contribution in [0.2, 0.25) is 0 Å². The van der Waals surface area contributed by atoms with Gasteiger partial charge in [-0.05, 0) is 18.9 Å². The van der Waals surface area contributed by atoms with Crippen molar-refractivity contribution < 1.29 is 13.9 Å². The predicted molar refractivity (Wildman–Crippen MR) is 74.4 cm³/mol. The Morgan fingerprint density at radius 3 is 2.95 bits per heavy atom. The van der Waals surface area contributed by atoms with Crippen molar-refractivity contribution >= 4 is 5.91 Å². The van der Waals surface area contributed by atoms with Crippen molar-refractivity contribution in [1.82, 2.24) is 24.6 Å². The molecule has 22 heavy (non-hydrogen) atoms. The first-order chi connectivity index (χ1) is 10.7. The fourth-order valence-electron chi connectivity index (χ4n) is 2.40. The molecule has 3 heterocycles. The number of hydrogen-bond acceptors (Lipinski definition) is 5. The number of nitrogens with zero attached hydrogens (tertiary/aromatic N) is 5. The van der Waals surface area contributed by atoms with Gasteiger partial charge in [-0.2, -0.15) is 5.10 Å². The van der Waals surface area contributed by atoms with Crippen LogP contribution in [0.4, 0.5) is 4.39 Å². The maximum Gasteiger partial charge on any atom is 0.316 e. The minimum Gasteiger partial charge on any atom is -0.458 e. The molecule has 8 heteroatoms. The molecule has 0 aliphatic carbocycles. The third-order valence-electron chi connectivity index (χ3n) is 3.46. The molecule has 1 saturated heterocycles. The lowest BCUT2D eigenvalue weighted by Gasteiger charge is -2.32. The van der Waals surface area contributed by atoms with Crippen LogP contribution in [-0.4, -0.2) is 49.7 Å². The van der Waals surface area contributed by atoms with Gasteiger partial charge < -0.3 is 9.64 Å². The minimum absolute atomic E-state index is 0.00276. The predicted octanol–water partition coefficient (Wildman–Crippen LogP) is 0.882. The summed E-state index contributed by atoms with van der Waals surface area (Å²) in [5, 5.41) is 4.03. The largest absolute Gasteiger partial charge is 0.458 e. The van der Waals surface area contributed by atoms with Gasteiger partial charge in [-0.3, -0.25) is 9.48 Å². The van der Waals surface area contributed by atoms with Gasteiger partial charge >= 0.3 is 6.01 Å². The quantitative estimate of drug-likeness (QED) is 0.838. The molecule has 2 aromatic rings. The van der Waals surface area contributed by atoms with E-state index in [0.717, 1.165) is 25.2 Å². The first-order valence-corrected chi connectivity index (χ1v) is 7.10. The summed E-state index contributed by atoms with van der Waals surface area (Å²) in [5.74, 6) is -0.510. The second-order valence-electron chi connectivity index (χ2n) is 5.11. The minimum atomic E-state index is -0.507. The monoisotopic (exact) mass is 305 g/mol. The molecule has 1 amide bonds. The number of aromatic nitrogens is 4. The normalized spacial score (nSPS) is 18.2. The van der Waals surface area contributed by atoms with Crippen LogP contribution in [0.15, 0.2) is 30.9 Å². The Labute approximate surface area is 126 Å². The Morgan fingerprint density at radius 2 is 2.23 bits per heavy atom. The second kappa shape index (κ2) is 6.50. The summed E-state index contributed by atoms with van der Waals surface area (Å²) in [4.78, 5) is 21.5. The van der Waals surface area contributed by atoms with Gasteiger partial charge in [0.2, 0.25) is 5.91 Å². The number of halogens is 1. The molecule has 1 aliphatic heterocycles. The number of carbonyl (C=O) groups is 1. The van der Waals surface area contributed by atoms with Crippen LogP contribution in [-0.2, 0) is 11.3 Å². The number of ether oxygens (including phenoxy) is 1. The van der Waals surface area contributed by atoms with Gasteiger partial charge in [0.1, 0.15) is 12.6 Å². The van der Waals surface area contributed by atoms with Gasteiger partial charge in [0.15, 0.2) is 5.82 Å². The fourth-order valence-corrected chi connectivity index (χ4v) is 2.40. The van der Waals surface area contributed by atoms with Crippen molar-refractivity contribution in [3.63, 3.8) is 0 Å². The fraction of sp³-hybridized carbons (Fsp3) is 0.429. The molecule has 1 unspecified atom stereocenters. The zero-order valence-corrected chi connectivity index (χ0v) is 11.9. The third kappa shape index (κ3) is 3.57. The molecule has 0 radical (unpaired) electrons. The summed E-state index contributed by atoms with van der Waals surface area (Å²) in [6.45, 7) is 1.39. The lowest BCUT2D eigenvalue weighted by atomic mass is 10.1. The number of rotatable bonds is 4. The zero-order valence-electron chi connectivity index (χ0n) is 11.9. The molecule has 116 valence electrons. The van der Waals surface area contributed by atoms with E-state index in [4.69, 9.17) is 4.74 Å². The summed E-state index contributed by atoms with van der Waals surface area (Å²) in [5.41, 5.74) is 0. The van der Waals surface area contributed by atoms with Crippen molar-refractivity contribution in [2.24, 2.45) is 0 Å². The number of amides is 1. The van der Waals surface area contributed by atoms with Crippen LogP contribution in [0.5, 0.6) is 6.01 Å². The molecule has 1 aliphatic rings. The Bertz CT molecular complexity index is 617. The molecule has 0 N–H and O–H groups in total. The molecule has 0 saturated carbocycles. The Hall–Kier alpha value is -2.51. The van der Waals surface area contributed by atoms with E-state index in [2.05, 4.69) is 15.1 Å². The third-order valence-corrected chi connectivity index (χ3v) is 3.46. The van der Waals surface area contributed by atoms with Crippen LogP contribution < -0.4 is 4.74 Å². The van der Waals surface area contributed by atoms with E-state index >= 15 is 0 Å². The molecule has 7 nitrogen and oxygen atoms in total. The molecule has 2 aromatic heterocycles. The van der Waals surface area contributed by atoms with E-state index < -0.39 is 5.82 Å². The van der Waals surface area contributed by atoms with E-state index in [9.17, 15) is 9.18 Å². The number of hydrogen-bond donors (Lipinski definition) is 0. The highest BCUT2D eigenvalue weighted by Gasteiger charge is 2.25. The number of carbonyl (C=O) groups excluding carboxylic acids is 1. The van der Waals surface area contributed by atoms with Gasteiger partial charge in [0.25, 0.3) is 0 Å². The topological polar surface area (TPSA) is 73.1 Å². The second-order valence-corrected chi connectivity index (χ2v) is 5.11. The Kier molecular flexibility index (Phi) is 4.27. The van der Waals surface area contributed by atoms with Gasteiger partial charge in [0, 0.05) is 18.9 Å². The summed E-state index contributed by atoms with van der Waals surface area (Å²) in [6, 6.07) is 1.91. The lowest BCUT2D eigenvalue weighted by molar-refractivity contribution is -0.134. The van der Waals surface area contributed by atoms with Gasteiger partial charge in [-0.15, -0.1) is 0 Å². The first kappa shape index (κ1) is 14.4. The van der Waals surface area contributed by atoms with Gasteiger partial charge in [0.05, 0.1) is 18.9 Å². The van der Waals surface area contributed by atoms with Gasteiger partial charge in [-0.1, -0.05) is 0 Å². The summed E-state index contributed by atoms with van der Waals surface area (Å²) < 4.78 is 20.0. The Morgan fingerprint density at radius 1 is 1.41 bits per heavy atom. The lowest BCUT2D eigenvalue weighted by Crippen LogP contribution is -2.45. The first-order valence-electron chi connectivity index (χ1n) is 7.10. The molecular weight excluding hydrogens is 289 g/mol. The molecule has 1 atom stereocenters. The van der Waals surface area contributed by atoms with Gasteiger partial charge in [-0.25, -0.2) is 14.4 Å². The molecule has 1 fully saturated rings. The van der Waals surface area contributed by atoms with Crippen LogP contribution in [0.3, 0.4) is 0 Å². The van der Waals surface area contributed by atoms with Crippen molar-refractivity contribution in [3.05, 3.63) is 36.7 Å². The smallest absolute Gasteiger partial charge is 0.316 e. The van der Waals surface area contributed by atoms with E-state index in [1.807, 2.05) is 0 Å². The van der Waals surface area contributed by atoms with E-state index in [0.29, 0.717) is 13.1 Å². The van der Waals surface area contributed by atoms with Crippen LogP contribution in [0, 0.1) is 5.82 Å². The molecule has 0 aromatic carbocycles. The van der Waals surface area contributed by atoms with E-state index in [1.165, 1.54) is 0 Å². The summed E-state index contributed by atoms with van der Waals surface area (Å²) in [6.07, 6.45) is 6.99. The van der Waals surface area contributed by atoms with Crippen molar-refractivity contribution in [1.29, 1.82) is 0 Å². The van der Waals surface area contributed by atoms with Crippen molar-refractivity contribution in [2.75, 3.05) is 13.1 Å². The highest BCUT2D eigenvalue weighted by Crippen LogP contribution is 2.15. The van der Waals surface area contributed by atoms with Crippen molar-refractivity contribution in [3.8, 4) is 6.01 Å². The Balaban J connectivity index is 1.56. The average Bonchev–Trinajstić information content (AvgIpc) is 3.03. The average molecular weight is 305 g/mol. The highest BCUT2D eigenvalue weighted by molar-refractivity contribution is 5.76. The summed E-state index contributed by atoms with van der Waals surface area (Å²) in [7, 11) is 0. The maximum absolute atomic E-state index is 12.8. The van der Waals surface area contributed by atoms with E-state index in [-0.39, 0.29) is 24.6 Å². The molecule has 0 bridgehead atoms. The van der Waals surface area contributed by atoms with E-state index in [1.54, 1.807) is 28.0 Å². The zero-order chi connectivity index (χ0) is 15.4. The highest BCUT2D eigenvalue weighted by atomic mass is 19.1. The SMILES string of the molecule is O=C(Cn1cccn1)N1CCCC(Oc2ncc(F)cn2)C1.